The molecule has 0 saturated carbocycles. The quantitative estimate of drug-likeness (QED) is 0.878. The van der Waals surface area contributed by atoms with Gasteiger partial charge in [0.05, 0.1) is 6.61 Å². The summed E-state index contributed by atoms with van der Waals surface area (Å²) in [5.41, 5.74) is 1.77. The Kier molecular flexibility index (Phi) is 3.40. The number of hydrogen-bond donors (Lipinski definition) is 1. The fourth-order valence-corrected chi connectivity index (χ4v) is 1.56. The molecule has 0 saturated heterocycles. The molecule has 17 heavy (non-hydrogen) atoms. The van der Waals surface area contributed by atoms with Gasteiger partial charge in [0.25, 0.3) is 0 Å². The Balaban J connectivity index is 2.26. The van der Waals surface area contributed by atoms with Crippen LogP contribution in [0.25, 0.3) is 0 Å². The third kappa shape index (κ3) is 2.82. The molecule has 0 aromatic heterocycles. The third-order valence-electron chi connectivity index (χ3n) is 2.43. The largest absolute Gasteiger partial charge is 0.457 e. The number of halogens is 1. The molecular weight excluding hydrogens is 219 g/mol. The Hall–Kier alpha value is -1.87. The second-order valence-corrected chi connectivity index (χ2v) is 3.83. The zero-order chi connectivity index (χ0) is 12.3. The van der Waals surface area contributed by atoms with Gasteiger partial charge in [0.15, 0.2) is 0 Å². The van der Waals surface area contributed by atoms with Crippen molar-refractivity contribution >= 4 is 0 Å². The van der Waals surface area contributed by atoms with Crippen molar-refractivity contribution in [3.8, 4) is 11.5 Å². The van der Waals surface area contributed by atoms with Gasteiger partial charge in [-0.05, 0) is 37.3 Å². The summed E-state index contributed by atoms with van der Waals surface area (Å²) in [5.74, 6) is 0.832. The van der Waals surface area contributed by atoms with Crippen molar-refractivity contribution in [2.75, 3.05) is 0 Å². The number of aliphatic hydroxyl groups excluding tert-OH is 1. The lowest BCUT2D eigenvalue weighted by Gasteiger charge is -2.10. The predicted octanol–water partition coefficient (Wildman–Crippen LogP) is 3.42. The summed E-state index contributed by atoms with van der Waals surface area (Å²) in [4.78, 5) is 0. The normalized spacial score (nSPS) is 10.3. The molecule has 0 aliphatic carbocycles. The minimum atomic E-state index is -0.302. The zero-order valence-electron chi connectivity index (χ0n) is 9.48. The van der Waals surface area contributed by atoms with Crippen molar-refractivity contribution in [2.45, 2.75) is 13.5 Å². The average Bonchev–Trinajstić information content (AvgIpc) is 2.34. The molecule has 2 rings (SSSR count). The van der Waals surface area contributed by atoms with Crippen LogP contribution in [-0.4, -0.2) is 5.11 Å². The molecule has 0 bridgehead atoms. The van der Waals surface area contributed by atoms with Gasteiger partial charge in [-0.15, -0.1) is 0 Å². The van der Waals surface area contributed by atoms with E-state index >= 15 is 0 Å². The lowest BCUT2D eigenvalue weighted by atomic mass is 10.1. The maximum Gasteiger partial charge on any atom is 0.132 e. The maximum absolute atomic E-state index is 12.7. The molecule has 2 nitrogen and oxygen atoms in total. The van der Waals surface area contributed by atoms with Gasteiger partial charge in [-0.2, -0.15) is 0 Å². The lowest BCUT2D eigenvalue weighted by molar-refractivity contribution is 0.276. The van der Waals surface area contributed by atoms with Gasteiger partial charge < -0.3 is 9.84 Å². The predicted molar refractivity (Wildman–Crippen MR) is 63.6 cm³/mol. The summed E-state index contributed by atoms with van der Waals surface area (Å²) in [6.45, 7) is 1.86. The van der Waals surface area contributed by atoms with Crippen molar-refractivity contribution in [1.29, 1.82) is 0 Å². The van der Waals surface area contributed by atoms with Crippen LogP contribution in [0.5, 0.6) is 11.5 Å². The van der Waals surface area contributed by atoms with Crippen LogP contribution in [0.4, 0.5) is 4.39 Å². The van der Waals surface area contributed by atoms with Crippen LogP contribution in [-0.2, 0) is 6.61 Å². The van der Waals surface area contributed by atoms with Crippen LogP contribution in [0.2, 0.25) is 0 Å². The highest BCUT2D eigenvalue weighted by Gasteiger charge is 2.04. The molecule has 0 spiro atoms. The maximum atomic E-state index is 12.7. The number of aliphatic hydroxyl groups is 1. The van der Waals surface area contributed by atoms with E-state index < -0.39 is 0 Å². The van der Waals surface area contributed by atoms with E-state index in [9.17, 15) is 9.50 Å². The van der Waals surface area contributed by atoms with E-state index in [-0.39, 0.29) is 12.4 Å². The topological polar surface area (TPSA) is 29.5 Å². The second kappa shape index (κ2) is 4.97. The molecule has 1 N–H and O–H groups in total. The first-order valence-corrected chi connectivity index (χ1v) is 5.33. The van der Waals surface area contributed by atoms with Crippen molar-refractivity contribution in [1.82, 2.24) is 0 Å². The van der Waals surface area contributed by atoms with Crippen LogP contribution in [0.15, 0.2) is 42.5 Å². The first-order chi connectivity index (χ1) is 8.19. The molecular formula is C14H13FO2. The Morgan fingerprint density at radius 2 is 1.82 bits per heavy atom. The summed E-state index contributed by atoms with van der Waals surface area (Å²) >= 11 is 0. The van der Waals surface area contributed by atoms with E-state index in [1.165, 1.54) is 12.1 Å². The number of hydrogen-bond acceptors (Lipinski definition) is 2. The van der Waals surface area contributed by atoms with E-state index in [4.69, 9.17) is 4.74 Å². The summed E-state index contributed by atoms with van der Waals surface area (Å²) in [6, 6.07) is 11.3. The summed E-state index contributed by atoms with van der Waals surface area (Å²) in [6.07, 6.45) is 0. The number of ether oxygens (including phenoxy) is 1. The average molecular weight is 232 g/mol. The van der Waals surface area contributed by atoms with Gasteiger partial charge in [0.1, 0.15) is 17.3 Å². The van der Waals surface area contributed by atoms with Crippen molar-refractivity contribution < 1.29 is 14.2 Å². The van der Waals surface area contributed by atoms with E-state index in [1.807, 2.05) is 19.1 Å². The molecule has 0 fully saturated rings. The van der Waals surface area contributed by atoms with Gasteiger partial charge in [-0.3, -0.25) is 0 Å². The first-order valence-electron chi connectivity index (χ1n) is 5.33. The first kappa shape index (κ1) is 11.6. The van der Waals surface area contributed by atoms with Crippen LogP contribution >= 0.6 is 0 Å². The highest BCUT2D eigenvalue weighted by molar-refractivity contribution is 5.39. The van der Waals surface area contributed by atoms with Crippen LogP contribution in [0.1, 0.15) is 11.1 Å². The molecule has 0 amide bonds. The van der Waals surface area contributed by atoms with Gasteiger partial charge in [0, 0.05) is 5.56 Å². The minimum Gasteiger partial charge on any atom is -0.457 e. The molecule has 2 aromatic rings. The van der Waals surface area contributed by atoms with E-state index in [0.29, 0.717) is 17.1 Å². The molecule has 0 aliphatic rings. The molecule has 0 aliphatic heterocycles. The molecule has 3 heteroatoms. The fraction of sp³-hybridized carbons (Fsp3) is 0.143. The van der Waals surface area contributed by atoms with Crippen LogP contribution in [0.3, 0.4) is 0 Å². The van der Waals surface area contributed by atoms with Gasteiger partial charge in [-0.1, -0.05) is 17.7 Å². The third-order valence-corrected chi connectivity index (χ3v) is 2.43. The number of aryl methyl sites for hydroxylation is 1. The Morgan fingerprint density at radius 1 is 1.12 bits per heavy atom. The summed E-state index contributed by atoms with van der Waals surface area (Å²) in [7, 11) is 0. The lowest BCUT2D eigenvalue weighted by Crippen LogP contribution is -1.92. The molecule has 88 valence electrons. The summed E-state index contributed by atoms with van der Waals surface area (Å²) < 4.78 is 18.3. The number of benzene rings is 2. The van der Waals surface area contributed by atoms with E-state index in [0.717, 1.165) is 5.56 Å². The van der Waals surface area contributed by atoms with Gasteiger partial charge in [-0.25, -0.2) is 4.39 Å². The monoisotopic (exact) mass is 232 g/mol. The molecule has 0 heterocycles. The van der Waals surface area contributed by atoms with E-state index in [2.05, 4.69) is 0 Å². The van der Waals surface area contributed by atoms with Crippen molar-refractivity contribution in [3.05, 3.63) is 59.4 Å². The standard InChI is InChI=1S/C14H13FO2/c1-10-2-7-14(11(8-10)9-16)17-13-5-3-12(15)4-6-13/h2-8,16H,9H2,1H3. The second-order valence-electron chi connectivity index (χ2n) is 3.83. The van der Waals surface area contributed by atoms with Crippen molar-refractivity contribution in [2.24, 2.45) is 0 Å². The Morgan fingerprint density at radius 3 is 2.47 bits per heavy atom. The van der Waals surface area contributed by atoms with Crippen LogP contribution < -0.4 is 4.74 Å². The highest BCUT2D eigenvalue weighted by Crippen LogP contribution is 2.26. The zero-order valence-corrected chi connectivity index (χ0v) is 9.48. The molecule has 0 radical (unpaired) electrons. The SMILES string of the molecule is Cc1ccc(Oc2ccc(F)cc2)c(CO)c1. The van der Waals surface area contributed by atoms with Gasteiger partial charge in [0.2, 0.25) is 0 Å². The molecule has 0 atom stereocenters. The summed E-state index contributed by atoms with van der Waals surface area (Å²) in [5, 5.41) is 9.23. The highest BCUT2D eigenvalue weighted by atomic mass is 19.1. The van der Waals surface area contributed by atoms with Gasteiger partial charge >= 0.3 is 0 Å². The molecule has 2 aromatic carbocycles. The Bertz CT molecular complexity index is 506. The Labute approximate surface area is 99.3 Å². The van der Waals surface area contributed by atoms with E-state index in [1.54, 1.807) is 18.2 Å². The molecule has 0 unspecified atom stereocenters. The number of rotatable bonds is 3. The van der Waals surface area contributed by atoms with Crippen molar-refractivity contribution in [3.63, 3.8) is 0 Å². The fourth-order valence-electron chi connectivity index (χ4n) is 1.56. The smallest absolute Gasteiger partial charge is 0.132 e. The van der Waals surface area contributed by atoms with Crippen LogP contribution in [0, 0.1) is 12.7 Å². The minimum absolute atomic E-state index is 0.0851.